The van der Waals surface area contributed by atoms with Crippen LogP contribution in [0.15, 0.2) is 11.8 Å². The predicted octanol–water partition coefficient (Wildman–Crippen LogP) is 1.12. The average Bonchev–Trinajstić information content (AvgIpc) is 2.03. The highest BCUT2D eigenvalue weighted by molar-refractivity contribution is 5.84. The van der Waals surface area contributed by atoms with E-state index >= 15 is 0 Å². The van der Waals surface area contributed by atoms with Gasteiger partial charge in [-0.3, -0.25) is 0 Å². The Morgan fingerprint density at radius 2 is 2.29 bits per heavy atom. The molecule has 0 bridgehead atoms. The minimum absolute atomic E-state index is 0.221. The highest BCUT2D eigenvalue weighted by Crippen LogP contribution is 2.41. The zero-order valence-corrected chi connectivity index (χ0v) is 8.50. The zero-order valence-electron chi connectivity index (χ0n) is 8.50. The van der Waals surface area contributed by atoms with Crippen LogP contribution in [0, 0.1) is 16.7 Å². The summed E-state index contributed by atoms with van der Waals surface area (Å²) in [6.07, 6.45) is 1.63. The molecule has 0 aliphatic carbocycles. The molecule has 1 aliphatic rings. The number of rotatable bonds is 1. The lowest BCUT2D eigenvalue weighted by Gasteiger charge is -2.38. The van der Waals surface area contributed by atoms with Crippen molar-refractivity contribution in [3.05, 3.63) is 11.8 Å². The summed E-state index contributed by atoms with van der Waals surface area (Å²) in [4.78, 5) is 11.6. The highest BCUT2D eigenvalue weighted by atomic mass is 16.5. The maximum atomic E-state index is 11.6. The van der Waals surface area contributed by atoms with Crippen molar-refractivity contribution in [2.45, 2.75) is 32.8 Å². The van der Waals surface area contributed by atoms with Crippen LogP contribution >= 0.6 is 0 Å². The van der Waals surface area contributed by atoms with Crippen molar-refractivity contribution in [2.75, 3.05) is 0 Å². The second-order valence-corrected chi connectivity index (χ2v) is 3.66. The van der Waals surface area contributed by atoms with E-state index in [9.17, 15) is 9.90 Å². The molecular weight excluding hydrogens is 182 g/mol. The number of ether oxygens (including phenoxy) is 1. The molecule has 1 N–H and O–H groups in total. The van der Waals surface area contributed by atoms with Crippen LogP contribution in [-0.2, 0) is 9.53 Å². The number of hydrogen-bond donors (Lipinski definition) is 1. The Kier molecular flexibility index (Phi) is 2.38. The van der Waals surface area contributed by atoms with Gasteiger partial charge in [0, 0.05) is 0 Å². The van der Waals surface area contributed by atoms with Gasteiger partial charge in [-0.2, -0.15) is 5.26 Å². The van der Waals surface area contributed by atoms with Crippen molar-refractivity contribution < 1.29 is 14.6 Å². The molecule has 14 heavy (non-hydrogen) atoms. The molecule has 1 aliphatic heterocycles. The van der Waals surface area contributed by atoms with Gasteiger partial charge in [0.2, 0.25) is 0 Å². The summed E-state index contributed by atoms with van der Waals surface area (Å²) in [5.74, 6) is -0.341. The van der Waals surface area contributed by atoms with Crippen molar-refractivity contribution in [1.82, 2.24) is 0 Å². The lowest BCUT2D eigenvalue weighted by molar-refractivity contribution is -0.162. The molecule has 0 amide bonds. The van der Waals surface area contributed by atoms with Gasteiger partial charge in [-0.15, -0.1) is 0 Å². The molecule has 4 heteroatoms. The summed E-state index contributed by atoms with van der Waals surface area (Å²) in [5.41, 5.74) is -2.94. The van der Waals surface area contributed by atoms with Crippen LogP contribution in [0.2, 0.25) is 0 Å². The summed E-state index contributed by atoms with van der Waals surface area (Å²) >= 11 is 0. The summed E-state index contributed by atoms with van der Waals surface area (Å²) in [6, 6.07) is 1.86. The van der Waals surface area contributed by atoms with E-state index < -0.39 is 17.0 Å². The van der Waals surface area contributed by atoms with E-state index in [1.54, 1.807) is 13.8 Å². The molecule has 0 fully saturated rings. The number of cyclic esters (lactones) is 1. The van der Waals surface area contributed by atoms with Crippen LogP contribution in [0.4, 0.5) is 0 Å². The molecular formula is C10H13NO3. The van der Waals surface area contributed by atoms with E-state index in [0.29, 0.717) is 5.76 Å². The third-order valence-electron chi connectivity index (χ3n) is 2.67. The monoisotopic (exact) mass is 195 g/mol. The third-order valence-corrected chi connectivity index (χ3v) is 2.67. The first-order chi connectivity index (χ1) is 6.39. The number of nitrogens with zero attached hydrogens (tertiary/aromatic N) is 1. The number of hydrogen-bond acceptors (Lipinski definition) is 4. The smallest absolute Gasteiger partial charge is 0.334 e. The van der Waals surface area contributed by atoms with Crippen LogP contribution < -0.4 is 0 Å². The Bertz CT molecular complexity index is 338. The van der Waals surface area contributed by atoms with Crippen LogP contribution in [0.3, 0.4) is 0 Å². The SMILES string of the molecule is CCC1(C#N)C(=O)OC(C)=CC1(C)O. The molecule has 0 aromatic carbocycles. The number of carbonyl (C=O) groups is 1. The number of esters is 1. The molecule has 1 heterocycles. The van der Waals surface area contributed by atoms with E-state index in [1.165, 1.54) is 13.0 Å². The first-order valence-electron chi connectivity index (χ1n) is 4.45. The van der Waals surface area contributed by atoms with Crippen molar-refractivity contribution in [1.29, 1.82) is 5.26 Å². The second-order valence-electron chi connectivity index (χ2n) is 3.66. The Morgan fingerprint density at radius 3 is 2.64 bits per heavy atom. The molecule has 0 aromatic rings. The van der Waals surface area contributed by atoms with Gasteiger partial charge in [0.1, 0.15) is 11.4 Å². The summed E-state index contributed by atoms with van der Waals surface area (Å²) in [7, 11) is 0. The highest BCUT2D eigenvalue weighted by Gasteiger charge is 2.55. The lowest BCUT2D eigenvalue weighted by Crippen LogP contribution is -2.52. The number of nitriles is 1. The molecule has 0 spiro atoms. The molecule has 76 valence electrons. The Labute approximate surface area is 82.8 Å². The first kappa shape index (κ1) is 10.7. The van der Waals surface area contributed by atoms with Crippen molar-refractivity contribution in [3.8, 4) is 6.07 Å². The van der Waals surface area contributed by atoms with Crippen LogP contribution in [-0.4, -0.2) is 16.7 Å². The third kappa shape index (κ3) is 1.21. The van der Waals surface area contributed by atoms with E-state index in [0.717, 1.165) is 0 Å². The van der Waals surface area contributed by atoms with Gasteiger partial charge in [0.25, 0.3) is 0 Å². The minimum atomic E-state index is -1.48. The van der Waals surface area contributed by atoms with Crippen LogP contribution in [0.1, 0.15) is 27.2 Å². The molecule has 0 radical (unpaired) electrons. The average molecular weight is 195 g/mol. The second kappa shape index (κ2) is 3.10. The molecule has 0 aromatic heterocycles. The van der Waals surface area contributed by atoms with Gasteiger partial charge in [-0.05, 0) is 26.3 Å². The van der Waals surface area contributed by atoms with Crippen molar-refractivity contribution in [3.63, 3.8) is 0 Å². The topological polar surface area (TPSA) is 70.3 Å². The largest absolute Gasteiger partial charge is 0.430 e. The zero-order chi connectivity index (χ0) is 11.0. The maximum absolute atomic E-state index is 11.6. The van der Waals surface area contributed by atoms with Gasteiger partial charge < -0.3 is 9.84 Å². The van der Waals surface area contributed by atoms with E-state index in [4.69, 9.17) is 10.00 Å². The van der Waals surface area contributed by atoms with Crippen LogP contribution in [0.25, 0.3) is 0 Å². The van der Waals surface area contributed by atoms with E-state index in [-0.39, 0.29) is 6.42 Å². The summed E-state index contributed by atoms with van der Waals surface area (Å²) in [5, 5.41) is 19.0. The fourth-order valence-corrected chi connectivity index (χ4v) is 1.73. The van der Waals surface area contributed by atoms with Crippen molar-refractivity contribution in [2.24, 2.45) is 5.41 Å². The van der Waals surface area contributed by atoms with Gasteiger partial charge in [-0.25, -0.2) is 4.79 Å². The summed E-state index contributed by atoms with van der Waals surface area (Å²) < 4.78 is 4.86. The number of carbonyl (C=O) groups excluding carboxylic acids is 1. The maximum Gasteiger partial charge on any atom is 0.334 e. The lowest BCUT2D eigenvalue weighted by atomic mass is 9.70. The Balaban J connectivity index is 3.32. The normalized spacial score (nSPS) is 37.1. The fraction of sp³-hybridized carbons (Fsp3) is 0.600. The van der Waals surface area contributed by atoms with E-state index in [1.807, 2.05) is 6.07 Å². The number of aliphatic hydroxyl groups is 1. The molecule has 0 saturated carbocycles. The fourth-order valence-electron chi connectivity index (χ4n) is 1.73. The Morgan fingerprint density at radius 1 is 1.71 bits per heavy atom. The van der Waals surface area contributed by atoms with Gasteiger partial charge >= 0.3 is 5.97 Å². The number of allylic oxidation sites excluding steroid dienone is 1. The quantitative estimate of drug-likeness (QED) is 0.636. The molecule has 2 unspecified atom stereocenters. The van der Waals surface area contributed by atoms with Crippen molar-refractivity contribution >= 4 is 5.97 Å². The first-order valence-corrected chi connectivity index (χ1v) is 4.45. The molecule has 2 atom stereocenters. The molecule has 0 saturated heterocycles. The van der Waals surface area contributed by atoms with Gasteiger partial charge in [-0.1, -0.05) is 6.92 Å². The minimum Gasteiger partial charge on any atom is -0.430 e. The Hall–Kier alpha value is -1.34. The summed E-state index contributed by atoms with van der Waals surface area (Å²) in [6.45, 7) is 4.69. The van der Waals surface area contributed by atoms with Gasteiger partial charge in [0.05, 0.1) is 6.07 Å². The standard InChI is InChI=1S/C10H13NO3/c1-4-10(6-11)8(12)14-7(2)5-9(10,3)13/h5,13H,4H2,1-3H3. The van der Waals surface area contributed by atoms with Crippen LogP contribution in [0.5, 0.6) is 0 Å². The molecule has 1 rings (SSSR count). The molecule has 4 nitrogen and oxygen atoms in total. The predicted molar refractivity (Wildman–Crippen MR) is 48.8 cm³/mol. The van der Waals surface area contributed by atoms with E-state index in [2.05, 4.69) is 0 Å². The van der Waals surface area contributed by atoms with Gasteiger partial charge in [0.15, 0.2) is 5.41 Å².